The first kappa shape index (κ1) is 16.6. The highest BCUT2D eigenvalue weighted by molar-refractivity contribution is 5.51. The molecule has 0 N–H and O–H groups in total. The minimum absolute atomic E-state index is 0.694. The van der Waals surface area contributed by atoms with Gasteiger partial charge >= 0.3 is 0 Å². The molecule has 0 heterocycles. The van der Waals surface area contributed by atoms with Gasteiger partial charge in [0.25, 0.3) is 0 Å². The van der Waals surface area contributed by atoms with Crippen LogP contribution in [0.3, 0.4) is 0 Å². The summed E-state index contributed by atoms with van der Waals surface area (Å²) in [5.74, 6) is 12.7. The Morgan fingerprint density at radius 2 is 1.39 bits per heavy atom. The fourth-order valence-electron chi connectivity index (χ4n) is 1.89. The summed E-state index contributed by atoms with van der Waals surface area (Å²) in [4.78, 5) is 0. The molecule has 1 heteroatoms. The fraction of sp³-hybridized carbons (Fsp3) is 0.182. The van der Waals surface area contributed by atoms with Crippen LogP contribution >= 0.6 is 0 Å². The van der Waals surface area contributed by atoms with E-state index in [1.807, 2.05) is 73.7 Å². The molecule has 23 heavy (non-hydrogen) atoms. The Bertz CT molecular complexity index is 675. The molecule has 0 unspecified atom stereocenters. The van der Waals surface area contributed by atoms with Crippen LogP contribution in [0.1, 0.15) is 24.5 Å². The zero-order valence-electron chi connectivity index (χ0n) is 13.4. The topological polar surface area (TPSA) is 9.23 Å². The van der Waals surface area contributed by atoms with Crippen LogP contribution < -0.4 is 0 Å². The Morgan fingerprint density at radius 3 is 1.87 bits per heavy atom. The number of benzene rings is 2. The molecule has 0 amide bonds. The van der Waals surface area contributed by atoms with Crippen LogP contribution in [0.4, 0.5) is 0 Å². The van der Waals surface area contributed by atoms with E-state index in [1.54, 1.807) is 0 Å². The zero-order valence-corrected chi connectivity index (χ0v) is 13.4. The van der Waals surface area contributed by atoms with Gasteiger partial charge in [-0.05, 0) is 37.6 Å². The second-order valence-electron chi connectivity index (χ2n) is 4.84. The number of ether oxygens (including phenoxy) is 1. The minimum atomic E-state index is 0.694. The van der Waals surface area contributed by atoms with Crippen molar-refractivity contribution in [2.75, 3.05) is 13.2 Å². The van der Waals surface area contributed by atoms with E-state index >= 15 is 0 Å². The Kier molecular flexibility index (Phi) is 7.28. The molecular weight excluding hydrogens is 280 g/mol. The molecule has 2 aromatic carbocycles. The molecule has 0 aliphatic heterocycles. The van der Waals surface area contributed by atoms with Gasteiger partial charge in [0.2, 0.25) is 0 Å². The van der Waals surface area contributed by atoms with E-state index in [2.05, 4.69) is 23.7 Å². The molecule has 0 aliphatic carbocycles. The summed E-state index contributed by atoms with van der Waals surface area (Å²) in [7, 11) is 0. The molecule has 0 bridgehead atoms. The number of hydrogen-bond acceptors (Lipinski definition) is 1. The van der Waals surface area contributed by atoms with Gasteiger partial charge in [-0.2, -0.15) is 0 Å². The molecule has 0 atom stereocenters. The van der Waals surface area contributed by atoms with E-state index in [9.17, 15) is 0 Å². The van der Waals surface area contributed by atoms with Crippen molar-refractivity contribution < 1.29 is 4.74 Å². The van der Waals surface area contributed by atoms with Crippen LogP contribution in [0, 0.1) is 23.7 Å². The molecule has 0 radical (unpaired) electrons. The van der Waals surface area contributed by atoms with Gasteiger partial charge < -0.3 is 4.74 Å². The van der Waals surface area contributed by atoms with Crippen LogP contribution in [0.15, 0.2) is 72.3 Å². The van der Waals surface area contributed by atoms with E-state index in [0.29, 0.717) is 6.61 Å². The number of rotatable bonds is 4. The third-order valence-corrected chi connectivity index (χ3v) is 3.05. The Balaban J connectivity index is 2.15. The molecule has 0 saturated heterocycles. The molecule has 0 aromatic heterocycles. The zero-order chi connectivity index (χ0) is 16.2. The lowest BCUT2D eigenvalue weighted by Crippen LogP contribution is -1.91. The summed E-state index contributed by atoms with van der Waals surface area (Å²) in [5.41, 5.74) is 2.81. The van der Waals surface area contributed by atoms with Crippen molar-refractivity contribution in [3.63, 3.8) is 0 Å². The van der Waals surface area contributed by atoms with Crippen LogP contribution in [0.2, 0.25) is 0 Å². The highest BCUT2D eigenvalue weighted by atomic mass is 16.5. The maximum absolute atomic E-state index is 5.37. The summed E-state index contributed by atoms with van der Waals surface area (Å²) in [6.07, 6.45) is 2.86. The average molecular weight is 300 g/mol. The molecule has 0 fully saturated rings. The third kappa shape index (κ3) is 6.70. The maximum Gasteiger partial charge on any atom is 0.0712 e. The van der Waals surface area contributed by atoms with Crippen molar-refractivity contribution in [3.8, 4) is 23.7 Å². The molecule has 1 nitrogen and oxygen atoms in total. The van der Waals surface area contributed by atoms with E-state index < -0.39 is 0 Å². The maximum atomic E-state index is 5.37. The highest BCUT2D eigenvalue weighted by Crippen LogP contribution is 2.01. The molecule has 114 valence electrons. The normalized spacial score (nSPS) is 9.09. The summed E-state index contributed by atoms with van der Waals surface area (Å²) in [5, 5.41) is 0. The van der Waals surface area contributed by atoms with Crippen LogP contribution in [0.25, 0.3) is 0 Å². The van der Waals surface area contributed by atoms with E-state index in [1.165, 1.54) is 0 Å². The van der Waals surface area contributed by atoms with Gasteiger partial charge in [0.05, 0.1) is 12.2 Å². The predicted molar refractivity (Wildman–Crippen MR) is 95.8 cm³/mol. The lowest BCUT2D eigenvalue weighted by atomic mass is 10.1. The lowest BCUT2D eigenvalue weighted by Gasteiger charge is -1.96. The standard InChI is InChI=1S/C22H20O/c1-2-23-19-9-14-22(17-15-20-10-5-3-6-11-20)18-16-21-12-7-4-8-13-21/h3-8,10-14H,2,9,19H2,1H3. The van der Waals surface area contributed by atoms with Crippen molar-refractivity contribution in [2.45, 2.75) is 13.3 Å². The van der Waals surface area contributed by atoms with Gasteiger partial charge in [0.1, 0.15) is 0 Å². The van der Waals surface area contributed by atoms with Crippen molar-refractivity contribution in [1.82, 2.24) is 0 Å². The first-order valence-electron chi connectivity index (χ1n) is 7.80. The first-order valence-corrected chi connectivity index (χ1v) is 7.80. The smallest absolute Gasteiger partial charge is 0.0712 e. The van der Waals surface area contributed by atoms with Crippen molar-refractivity contribution in [2.24, 2.45) is 0 Å². The van der Waals surface area contributed by atoms with Crippen molar-refractivity contribution in [1.29, 1.82) is 0 Å². The number of allylic oxidation sites excluding steroid dienone is 1. The average Bonchev–Trinajstić information content (AvgIpc) is 2.62. The van der Waals surface area contributed by atoms with Crippen molar-refractivity contribution in [3.05, 3.63) is 83.4 Å². The Hall–Kier alpha value is -2.74. The molecule has 0 spiro atoms. The van der Waals surface area contributed by atoms with Crippen LogP contribution in [-0.2, 0) is 4.74 Å². The second kappa shape index (κ2) is 10.1. The fourth-order valence-corrected chi connectivity index (χ4v) is 1.89. The lowest BCUT2D eigenvalue weighted by molar-refractivity contribution is 0.152. The summed E-state index contributed by atoms with van der Waals surface area (Å²) >= 11 is 0. The number of hydrogen-bond donors (Lipinski definition) is 0. The molecule has 2 rings (SSSR count). The Labute approximate surface area is 139 Å². The minimum Gasteiger partial charge on any atom is -0.381 e. The molecular formula is C22H20O. The first-order chi connectivity index (χ1) is 11.4. The largest absolute Gasteiger partial charge is 0.381 e. The predicted octanol–water partition coefficient (Wildman–Crippen LogP) is 4.44. The third-order valence-electron chi connectivity index (χ3n) is 3.05. The van der Waals surface area contributed by atoms with Gasteiger partial charge in [-0.1, -0.05) is 66.2 Å². The summed E-state index contributed by atoms with van der Waals surface area (Å²) < 4.78 is 5.37. The van der Waals surface area contributed by atoms with Crippen LogP contribution in [-0.4, -0.2) is 13.2 Å². The van der Waals surface area contributed by atoms with Gasteiger partial charge in [-0.15, -0.1) is 0 Å². The Morgan fingerprint density at radius 1 is 0.870 bits per heavy atom. The second-order valence-corrected chi connectivity index (χ2v) is 4.84. The van der Waals surface area contributed by atoms with Gasteiger partial charge in [0.15, 0.2) is 0 Å². The van der Waals surface area contributed by atoms with Crippen LogP contribution in [0.5, 0.6) is 0 Å². The quantitative estimate of drug-likeness (QED) is 0.599. The van der Waals surface area contributed by atoms with Gasteiger partial charge in [-0.3, -0.25) is 0 Å². The summed E-state index contributed by atoms with van der Waals surface area (Å²) in [6, 6.07) is 19.9. The summed E-state index contributed by atoms with van der Waals surface area (Å²) in [6.45, 7) is 3.42. The van der Waals surface area contributed by atoms with E-state index in [4.69, 9.17) is 4.74 Å². The van der Waals surface area contributed by atoms with Gasteiger partial charge in [-0.25, -0.2) is 0 Å². The molecule has 0 aliphatic rings. The van der Waals surface area contributed by atoms with E-state index in [0.717, 1.165) is 29.7 Å². The van der Waals surface area contributed by atoms with Gasteiger partial charge in [0, 0.05) is 17.7 Å². The SMILES string of the molecule is CCOCCC=C(C#Cc1ccccc1)C#Cc1ccccc1. The van der Waals surface area contributed by atoms with Crippen molar-refractivity contribution >= 4 is 0 Å². The highest BCUT2D eigenvalue weighted by Gasteiger charge is 1.90. The molecule has 2 aromatic rings. The monoisotopic (exact) mass is 300 g/mol. The molecule has 0 saturated carbocycles. The van der Waals surface area contributed by atoms with E-state index in [-0.39, 0.29) is 0 Å².